The van der Waals surface area contributed by atoms with E-state index in [1.54, 1.807) is 0 Å². The monoisotopic (exact) mass is 241 g/mol. The molecule has 4 heteroatoms. The Hall–Kier alpha value is -0.730. The number of nitrogens with zero attached hydrogens (tertiary/aromatic N) is 1. The molecule has 1 saturated carbocycles. The first kappa shape index (κ1) is 13.3. The zero-order valence-electron chi connectivity index (χ0n) is 9.78. The van der Waals surface area contributed by atoms with E-state index in [1.807, 2.05) is 6.92 Å². The summed E-state index contributed by atoms with van der Waals surface area (Å²) in [5.41, 5.74) is 0. The molecule has 0 spiro atoms. The number of ether oxygens (including phenoxy) is 1. The van der Waals surface area contributed by atoms with Crippen molar-refractivity contribution in [2.45, 2.75) is 51.5 Å². The number of rotatable bonds is 4. The van der Waals surface area contributed by atoms with E-state index in [-0.39, 0.29) is 11.9 Å². The van der Waals surface area contributed by atoms with Gasteiger partial charge in [-0.1, -0.05) is 25.7 Å². The molecule has 0 aromatic rings. The summed E-state index contributed by atoms with van der Waals surface area (Å²) in [4.78, 5) is 15.7. The lowest BCUT2D eigenvalue weighted by Gasteiger charge is -2.19. The second kappa shape index (κ2) is 7.53. The van der Waals surface area contributed by atoms with E-state index in [4.69, 9.17) is 4.74 Å². The van der Waals surface area contributed by atoms with Gasteiger partial charge in [0.15, 0.2) is 6.04 Å². The van der Waals surface area contributed by atoms with Crippen LogP contribution in [0.4, 0.5) is 0 Å². The van der Waals surface area contributed by atoms with Crippen LogP contribution in [0.1, 0.15) is 45.4 Å². The highest BCUT2D eigenvalue weighted by Gasteiger charge is 2.29. The first-order chi connectivity index (χ1) is 7.79. The van der Waals surface area contributed by atoms with Crippen molar-refractivity contribution < 1.29 is 9.53 Å². The van der Waals surface area contributed by atoms with E-state index in [0.29, 0.717) is 6.61 Å². The molecule has 0 N–H and O–H groups in total. The summed E-state index contributed by atoms with van der Waals surface area (Å²) < 4.78 is 5.03. The van der Waals surface area contributed by atoms with Gasteiger partial charge >= 0.3 is 5.97 Å². The highest BCUT2D eigenvalue weighted by Crippen LogP contribution is 2.27. The number of thiocarbonyl (C=S) groups is 1. The van der Waals surface area contributed by atoms with Crippen LogP contribution in [-0.4, -0.2) is 23.8 Å². The van der Waals surface area contributed by atoms with Crippen LogP contribution in [-0.2, 0) is 9.53 Å². The zero-order chi connectivity index (χ0) is 11.8. The van der Waals surface area contributed by atoms with Crippen molar-refractivity contribution >= 4 is 23.3 Å². The number of carbonyl (C=O) groups is 1. The van der Waals surface area contributed by atoms with Crippen LogP contribution in [0.5, 0.6) is 0 Å². The molecule has 3 nitrogen and oxygen atoms in total. The van der Waals surface area contributed by atoms with Crippen LogP contribution in [0, 0.1) is 5.92 Å². The van der Waals surface area contributed by atoms with Crippen LogP contribution in [0.15, 0.2) is 4.99 Å². The fourth-order valence-electron chi connectivity index (χ4n) is 2.26. The first-order valence-corrected chi connectivity index (χ1v) is 6.44. The molecule has 0 aliphatic heterocycles. The Bertz CT molecular complexity index is 266. The lowest BCUT2D eigenvalue weighted by Crippen LogP contribution is -2.29. The van der Waals surface area contributed by atoms with Crippen LogP contribution in [0.2, 0.25) is 0 Å². The Morgan fingerprint density at radius 3 is 2.56 bits per heavy atom. The van der Waals surface area contributed by atoms with Gasteiger partial charge in [0.05, 0.1) is 11.8 Å². The summed E-state index contributed by atoms with van der Waals surface area (Å²) in [6, 6.07) is -0.421. The van der Waals surface area contributed by atoms with Crippen molar-refractivity contribution in [3.63, 3.8) is 0 Å². The maximum atomic E-state index is 11.7. The summed E-state index contributed by atoms with van der Waals surface area (Å²) >= 11 is 4.61. The molecule has 1 aliphatic carbocycles. The average Bonchev–Trinajstić information content (AvgIpc) is 2.54. The highest BCUT2D eigenvalue weighted by atomic mass is 32.1. The summed E-state index contributed by atoms with van der Waals surface area (Å²) in [6.45, 7) is 2.21. The Kier molecular flexibility index (Phi) is 6.27. The minimum absolute atomic E-state index is 0.244. The topological polar surface area (TPSA) is 38.7 Å². The summed E-state index contributed by atoms with van der Waals surface area (Å²) in [6.07, 6.45) is 6.95. The lowest BCUT2D eigenvalue weighted by atomic mass is 9.92. The SMILES string of the molecule is CCOC(=O)C(N=C=S)C1CCCCCC1. The van der Waals surface area contributed by atoms with E-state index in [2.05, 4.69) is 22.4 Å². The Balaban J connectivity index is 2.66. The average molecular weight is 241 g/mol. The molecule has 1 aliphatic rings. The third kappa shape index (κ3) is 4.03. The number of aliphatic imine (C=N–C) groups is 1. The number of esters is 1. The number of hydrogen-bond acceptors (Lipinski definition) is 4. The van der Waals surface area contributed by atoms with Crippen molar-refractivity contribution in [3.8, 4) is 0 Å². The van der Waals surface area contributed by atoms with Crippen LogP contribution >= 0.6 is 12.2 Å². The quantitative estimate of drug-likeness (QED) is 0.329. The summed E-state index contributed by atoms with van der Waals surface area (Å²) in [5, 5.41) is 2.33. The second-order valence-corrected chi connectivity index (χ2v) is 4.35. The number of carbonyl (C=O) groups excluding carboxylic acids is 1. The Labute approximate surface area is 102 Å². The van der Waals surface area contributed by atoms with Crippen molar-refractivity contribution in [1.82, 2.24) is 0 Å². The van der Waals surface area contributed by atoms with E-state index in [0.717, 1.165) is 12.8 Å². The minimum Gasteiger partial charge on any atom is -0.464 e. The Morgan fingerprint density at radius 2 is 2.06 bits per heavy atom. The van der Waals surface area contributed by atoms with Crippen molar-refractivity contribution in [1.29, 1.82) is 0 Å². The van der Waals surface area contributed by atoms with Crippen LogP contribution in [0.3, 0.4) is 0 Å². The van der Waals surface area contributed by atoms with Gasteiger partial charge < -0.3 is 4.74 Å². The summed E-state index contributed by atoms with van der Waals surface area (Å²) in [5.74, 6) is 0.0451. The molecule has 0 amide bonds. The molecule has 1 fully saturated rings. The van der Waals surface area contributed by atoms with Gasteiger partial charge in [0.25, 0.3) is 0 Å². The van der Waals surface area contributed by atoms with Crippen molar-refractivity contribution in [3.05, 3.63) is 0 Å². The van der Waals surface area contributed by atoms with Crippen LogP contribution in [0.25, 0.3) is 0 Å². The molecule has 1 unspecified atom stereocenters. The molecular weight excluding hydrogens is 222 g/mol. The molecule has 1 atom stereocenters. The molecule has 0 aromatic carbocycles. The van der Waals surface area contributed by atoms with Crippen molar-refractivity contribution in [2.75, 3.05) is 6.61 Å². The predicted molar refractivity (Wildman–Crippen MR) is 66.6 cm³/mol. The van der Waals surface area contributed by atoms with E-state index in [1.165, 1.54) is 25.7 Å². The summed E-state index contributed by atoms with van der Waals surface area (Å²) in [7, 11) is 0. The lowest BCUT2D eigenvalue weighted by molar-refractivity contribution is -0.146. The zero-order valence-corrected chi connectivity index (χ0v) is 10.6. The predicted octanol–water partition coefficient (Wildman–Crippen LogP) is 2.99. The molecule has 0 aromatic heterocycles. The molecule has 0 radical (unpaired) electrons. The molecule has 90 valence electrons. The molecular formula is C12H19NO2S. The molecule has 1 rings (SSSR count). The fraction of sp³-hybridized carbons (Fsp3) is 0.833. The normalized spacial score (nSPS) is 19.3. The maximum absolute atomic E-state index is 11.7. The minimum atomic E-state index is -0.421. The van der Waals surface area contributed by atoms with Gasteiger partial charge in [-0.3, -0.25) is 0 Å². The van der Waals surface area contributed by atoms with Gasteiger partial charge in [0, 0.05) is 0 Å². The highest BCUT2D eigenvalue weighted by molar-refractivity contribution is 7.78. The third-order valence-electron chi connectivity index (χ3n) is 3.07. The van der Waals surface area contributed by atoms with Gasteiger partial charge in [-0.2, -0.15) is 0 Å². The molecule has 0 bridgehead atoms. The van der Waals surface area contributed by atoms with Gasteiger partial charge in [-0.15, -0.1) is 0 Å². The van der Waals surface area contributed by atoms with E-state index >= 15 is 0 Å². The van der Waals surface area contributed by atoms with Crippen molar-refractivity contribution in [2.24, 2.45) is 10.9 Å². The van der Waals surface area contributed by atoms with Gasteiger partial charge in [0.1, 0.15) is 0 Å². The third-order valence-corrected chi connectivity index (χ3v) is 3.17. The number of hydrogen-bond donors (Lipinski definition) is 0. The van der Waals surface area contributed by atoms with Crippen LogP contribution < -0.4 is 0 Å². The smallest absolute Gasteiger partial charge is 0.332 e. The maximum Gasteiger partial charge on any atom is 0.332 e. The molecule has 0 saturated heterocycles. The second-order valence-electron chi connectivity index (χ2n) is 4.17. The van der Waals surface area contributed by atoms with Gasteiger partial charge in [0.2, 0.25) is 0 Å². The number of isothiocyanates is 1. The first-order valence-electron chi connectivity index (χ1n) is 6.03. The van der Waals surface area contributed by atoms with E-state index in [9.17, 15) is 4.79 Å². The molecule has 0 heterocycles. The standard InChI is InChI=1S/C12H19NO2S/c1-2-15-12(14)11(13-9-16)10-7-5-3-4-6-8-10/h10-11H,2-8H2,1H3. The Morgan fingerprint density at radius 1 is 1.44 bits per heavy atom. The van der Waals surface area contributed by atoms with E-state index < -0.39 is 6.04 Å². The largest absolute Gasteiger partial charge is 0.464 e. The van der Waals surface area contributed by atoms with Gasteiger partial charge in [-0.25, -0.2) is 9.79 Å². The van der Waals surface area contributed by atoms with Gasteiger partial charge in [-0.05, 0) is 37.9 Å². The fourth-order valence-corrected chi connectivity index (χ4v) is 2.38. The molecule has 16 heavy (non-hydrogen) atoms.